The quantitative estimate of drug-likeness (QED) is 0.800. The Morgan fingerprint density at radius 2 is 2.12 bits per heavy atom. The highest BCUT2D eigenvalue weighted by molar-refractivity contribution is 9.09. The molecule has 0 saturated heterocycles. The van der Waals surface area contributed by atoms with Gasteiger partial charge in [0.05, 0.1) is 0 Å². The molecule has 0 aliphatic rings. The summed E-state index contributed by atoms with van der Waals surface area (Å²) in [4.78, 5) is 8.99. The van der Waals surface area contributed by atoms with Gasteiger partial charge in [0, 0.05) is 18.1 Å². The maximum absolute atomic E-state index is 12.3. The van der Waals surface area contributed by atoms with Crippen LogP contribution in [0.3, 0.4) is 0 Å². The highest BCUT2D eigenvalue weighted by atomic mass is 79.9. The van der Waals surface area contributed by atoms with Gasteiger partial charge in [0.1, 0.15) is 18.2 Å². The molecule has 0 N–H and O–H groups in total. The molecule has 0 amide bonds. The molecule has 1 aromatic heterocycles. The third kappa shape index (κ3) is 4.34. The van der Waals surface area contributed by atoms with Crippen molar-refractivity contribution in [3.05, 3.63) is 18.1 Å². The van der Waals surface area contributed by atoms with Crippen LogP contribution in [0.4, 0.5) is 19.0 Å². The van der Waals surface area contributed by atoms with E-state index in [2.05, 4.69) is 25.9 Å². The molecule has 1 rings (SSSR count). The molecule has 0 fully saturated rings. The second-order valence-electron chi connectivity index (χ2n) is 3.19. The normalized spacial score (nSPS) is 11.6. The van der Waals surface area contributed by atoms with E-state index in [1.807, 2.05) is 0 Å². The highest BCUT2D eigenvalue weighted by Crippen LogP contribution is 2.20. The molecule has 0 atom stereocenters. The molecule has 16 heavy (non-hydrogen) atoms. The maximum Gasteiger partial charge on any atom is 0.405 e. The van der Waals surface area contributed by atoms with E-state index in [1.165, 1.54) is 17.2 Å². The number of anilines is 1. The van der Waals surface area contributed by atoms with E-state index >= 15 is 0 Å². The van der Waals surface area contributed by atoms with Crippen LogP contribution in [0.2, 0.25) is 0 Å². The number of hydrogen-bond acceptors (Lipinski definition) is 3. The number of nitrogens with zero attached hydrogens (tertiary/aromatic N) is 3. The van der Waals surface area contributed by atoms with Crippen molar-refractivity contribution < 1.29 is 13.2 Å². The lowest BCUT2D eigenvalue weighted by Crippen LogP contribution is -2.36. The summed E-state index contributed by atoms with van der Waals surface area (Å²) in [6, 6.07) is 1.47. The van der Waals surface area contributed by atoms with Gasteiger partial charge >= 0.3 is 6.18 Å². The fraction of sp³-hybridized carbons (Fsp3) is 0.556. The number of halogens is 4. The molecular formula is C9H11BrF3N3. The van der Waals surface area contributed by atoms with Crippen molar-refractivity contribution in [2.75, 3.05) is 23.3 Å². The Kier molecular flexibility index (Phi) is 4.52. The topological polar surface area (TPSA) is 29.0 Å². The largest absolute Gasteiger partial charge is 0.405 e. The standard InChI is InChI=1S/C9H11BrF3N3/c1-7-14-4-2-8(15-7)16(5-3-10)6-9(11,12)13/h2,4H,3,5-6H2,1H3. The van der Waals surface area contributed by atoms with Crippen molar-refractivity contribution in [1.29, 1.82) is 0 Å². The molecule has 1 heterocycles. The molecule has 0 spiro atoms. The van der Waals surface area contributed by atoms with E-state index in [0.717, 1.165) is 0 Å². The fourth-order valence-corrected chi connectivity index (χ4v) is 1.64. The summed E-state index contributed by atoms with van der Waals surface area (Å²) in [7, 11) is 0. The smallest absolute Gasteiger partial charge is 0.347 e. The Morgan fingerprint density at radius 3 is 2.62 bits per heavy atom. The van der Waals surface area contributed by atoms with Gasteiger partial charge in [0.25, 0.3) is 0 Å². The number of aryl methyl sites for hydroxylation is 1. The Labute approximate surface area is 99.8 Å². The molecule has 0 saturated carbocycles. The molecule has 0 radical (unpaired) electrons. The average molecular weight is 298 g/mol. The van der Waals surface area contributed by atoms with Gasteiger partial charge in [-0.1, -0.05) is 15.9 Å². The molecular weight excluding hydrogens is 287 g/mol. The minimum absolute atomic E-state index is 0.246. The molecule has 90 valence electrons. The molecule has 0 bridgehead atoms. The Morgan fingerprint density at radius 1 is 1.44 bits per heavy atom. The highest BCUT2D eigenvalue weighted by Gasteiger charge is 2.31. The Hall–Kier alpha value is -0.850. The molecule has 0 aliphatic carbocycles. The number of rotatable bonds is 4. The van der Waals surface area contributed by atoms with E-state index in [0.29, 0.717) is 17.0 Å². The zero-order chi connectivity index (χ0) is 12.2. The third-order valence-corrected chi connectivity index (χ3v) is 2.16. The molecule has 1 aromatic rings. The summed E-state index contributed by atoms with van der Waals surface area (Å²) in [6.07, 6.45) is -2.78. The van der Waals surface area contributed by atoms with Crippen LogP contribution in [-0.4, -0.2) is 34.6 Å². The van der Waals surface area contributed by atoms with Gasteiger partial charge in [-0.25, -0.2) is 9.97 Å². The SMILES string of the molecule is Cc1nccc(N(CCBr)CC(F)(F)F)n1. The first-order valence-corrected chi connectivity index (χ1v) is 5.72. The van der Waals surface area contributed by atoms with Gasteiger partial charge < -0.3 is 4.90 Å². The van der Waals surface area contributed by atoms with E-state index in [1.54, 1.807) is 6.92 Å². The second kappa shape index (κ2) is 5.47. The van der Waals surface area contributed by atoms with Crippen molar-refractivity contribution in [2.24, 2.45) is 0 Å². The van der Waals surface area contributed by atoms with E-state index in [-0.39, 0.29) is 6.54 Å². The van der Waals surface area contributed by atoms with Gasteiger partial charge in [-0.05, 0) is 13.0 Å². The number of alkyl halides is 4. The first-order chi connectivity index (χ1) is 7.42. The van der Waals surface area contributed by atoms with Gasteiger partial charge in [-0.3, -0.25) is 0 Å². The lowest BCUT2D eigenvalue weighted by atomic mass is 10.4. The predicted octanol–water partition coefficient (Wildman–Crippen LogP) is 2.55. The minimum Gasteiger partial charge on any atom is -0.347 e. The van der Waals surface area contributed by atoms with E-state index < -0.39 is 12.7 Å². The van der Waals surface area contributed by atoms with Crippen LogP contribution in [0.5, 0.6) is 0 Å². The second-order valence-corrected chi connectivity index (χ2v) is 3.98. The molecule has 0 aromatic carbocycles. The van der Waals surface area contributed by atoms with Crippen LogP contribution in [0.25, 0.3) is 0 Å². The summed E-state index contributed by atoms with van der Waals surface area (Å²) in [6.45, 7) is 0.883. The van der Waals surface area contributed by atoms with E-state index in [9.17, 15) is 13.2 Å². The first kappa shape index (κ1) is 13.2. The van der Waals surface area contributed by atoms with Crippen LogP contribution in [0, 0.1) is 6.92 Å². The lowest BCUT2D eigenvalue weighted by Gasteiger charge is -2.23. The summed E-state index contributed by atoms with van der Waals surface area (Å²) >= 11 is 3.12. The predicted molar refractivity (Wildman–Crippen MR) is 58.8 cm³/mol. The van der Waals surface area contributed by atoms with Gasteiger partial charge in [0.15, 0.2) is 0 Å². The van der Waals surface area contributed by atoms with Crippen molar-refractivity contribution in [3.63, 3.8) is 0 Å². The van der Waals surface area contributed by atoms with Gasteiger partial charge in [-0.15, -0.1) is 0 Å². The first-order valence-electron chi connectivity index (χ1n) is 4.59. The van der Waals surface area contributed by atoms with Crippen molar-refractivity contribution in [3.8, 4) is 0 Å². The van der Waals surface area contributed by atoms with Crippen molar-refractivity contribution >= 4 is 21.7 Å². The van der Waals surface area contributed by atoms with Crippen LogP contribution < -0.4 is 4.90 Å². The average Bonchev–Trinajstić information content (AvgIpc) is 2.15. The Bertz CT molecular complexity index is 343. The fourth-order valence-electron chi connectivity index (χ4n) is 1.21. The molecule has 0 unspecified atom stereocenters. The third-order valence-electron chi connectivity index (χ3n) is 1.81. The summed E-state index contributed by atoms with van der Waals surface area (Å²) in [5, 5.41) is 0.451. The zero-order valence-corrected chi connectivity index (χ0v) is 10.2. The van der Waals surface area contributed by atoms with Gasteiger partial charge in [0.2, 0.25) is 0 Å². The van der Waals surface area contributed by atoms with Crippen LogP contribution >= 0.6 is 15.9 Å². The van der Waals surface area contributed by atoms with Crippen molar-refractivity contribution in [1.82, 2.24) is 9.97 Å². The van der Waals surface area contributed by atoms with Gasteiger partial charge in [-0.2, -0.15) is 13.2 Å². The summed E-state index contributed by atoms with van der Waals surface area (Å²) < 4.78 is 36.9. The lowest BCUT2D eigenvalue weighted by molar-refractivity contribution is -0.119. The molecule has 0 aliphatic heterocycles. The number of aromatic nitrogens is 2. The van der Waals surface area contributed by atoms with Crippen LogP contribution in [-0.2, 0) is 0 Å². The molecule has 3 nitrogen and oxygen atoms in total. The maximum atomic E-state index is 12.3. The van der Waals surface area contributed by atoms with E-state index in [4.69, 9.17) is 0 Å². The Balaban J connectivity index is 2.85. The minimum atomic E-state index is -4.24. The van der Waals surface area contributed by atoms with Crippen molar-refractivity contribution in [2.45, 2.75) is 13.1 Å². The summed E-state index contributed by atoms with van der Waals surface area (Å²) in [5.41, 5.74) is 0. The number of hydrogen-bond donors (Lipinski definition) is 0. The zero-order valence-electron chi connectivity index (χ0n) is 8.63. The summed E-state index contributed by atoms with van der Waals surface area (Å²) in [5.74, 6) is 0.753. The van der Waals surface area contributed by atoms with Crippen LogP contribution in [0.15, 0.2) is 12.3 Å². The van der Waals surface area contributed by atoms with Crippen LogP contribution in [0.1, 0.15) is 5.82 Å². The molecule has 7 heteroatoms. The monoisotopic (exact) mass is 297 g/mol.